The average Bonchev–Trinajstić information content (AvgIpc) is 2.68. The maximum atomic E-state index is 13.6. The number of nitrogens with one attached hydrogen (secondary N) is 1. The molecule has 1 N–H and O–H groups in total. The Morgan fingerprint density at radius 1 is 0.893 bits per heavy atom. The number of rotatable bonds is 5. The fraction of sp³-hybridized carbons (Fsp3) is 0.130. The first kappa shape index (κ1) is 17.9. The summed E-state index contributed by atoms with van der Waals surface area (Å²) in [4.78, 5) is 9.39. The summed E-state index contributed by atoms with van der Waals surface area (Å²) < 4.78 is 19.3. The molecule has 0 radical (unpaired) electrons. The molecule has 0 atom stereocenters. The van der Waals surface area contributed by atoms with Crippen molar-refractivity contribution < 1.29 is 9.13 Å². The molecule has 0 bridgehead atoms. The molecule has 0 aliphatic rings. The lowest BCUT2D eigenvalue weighted by molar-refractivity contribution is 0.242. The van der Waals surface area contributed by atoms with Crippen molar-refractivity contribution in [2.45, 2.75) is 20.0 Å². The Hall–Kier alpha value is -3.47. The minimum Gasteiger partial charge on any atom is -0.491 e. The summed E-state index contributed by atoms with van der Waals surface area (Å²) in [6.07, 6.45) is 0.116. The molecule has 4 nitrogen and oxygen atoms in total. The fourth-order valence-corrected chi connectivity index (χ4v) is 2.96. The van der Waals surface area contributed by atoms with Gasteiger partial charge in [-0.1, -0.05) is 18.2 Å². The highest BCUT2D eigenvalue weighted by Gasteiger charge is 2.10. The molecular formula is C23H20FN3O. The number of hydrogen-bond donors (Lipinski definition) is 1. The summed E-state index contributed by atoms with van der Waals surface area (Å²) in [6, 6.07) is 21.8. The first-order chi connectivity index (χ1) is 13.6. The lowest BCUT2D eigenvalue weighted by atomic mass is 10.1. The largest absolute Gasteiger partial charge is 0.491 e. The van der Waals surface area contributed by atoms with Crippen LogP contribution in [-0.4, -0.2) is 16.1 Å². The average molecular weight is 373 g/mol. The van der Waals surface area contributed by atoms with Crippen LogP contribution in [-0.2, 0) is 0 Å². The number of fused-ring (bicyclic) bond motifs is 1. The van der Waals surface area contributed by atoms with Crippen LogP contribution in [0.15, 0.2) is 72.8 Å². The maximum absolute atomic E-state index is 13.6. The molecule has 0 saturated heterocycles. The molecule has 0 aliphatic carbocycles. The predicted molar refractivity (Wildman–Crippen MR) is 110 cm³/mol. The van der Waals surface area contributed by atoms with E-state index < -0.39 is 0 Å². The van der Waals surface area contributed by atoms with Crippen molar-refractivity contribution >= 4 is 22.4 Å². The van der Waals surface area contributed by atoms with Gasteiger partial charge in [-0.3, -0.25) is 0 Å². The summed E-state index contributed by atoms with van der Waals surface area (Å²) in [7, 11) is 0. The third-order valence-corrected chi connectivity index (χ3v) is 4.17. The predicted octanol–water partition coefficient (Wildman–Crippen LogP) is 5.97. The molecule has 28 heavy (non-hydrogen) atoms. The molecule has 0 aliphatic heterocycles. The molecule has 0 spiro atoms. The lowest BCUT2D eigenvalue weighted by Gasteiger charge is -2.12. The van der Waals surface area contributed by atoms with Crippen LogP contribution in [0.25, 0.3) is 22.3 Å². The van der Waals surface area contributed by atoms with E-state index in [0.29, 0.717) is 17.3 Å². The third-order valence-electron chi connectivity index (χ3n) is 4.17. The molecule has 1 heterocycles. The van der Waals surface area contributed by atoms with Crippen LogP contribution < -0.4 is 10.1 Å². The number of hydrogen-bond acceptors (Lipinski definition) is 4. The van der Waals surface area contributed by atoms with E-state index in [1.807, 2.05) is 62.4 Å². The molecule has 0 saturated carbocycles. The van der Waals surface area contributed by atoms with Gasteiger partial charge in [0.15, 0.2) is 5.82 Å². The van der Waals surface area contributed by atoms with Crippen molar-refractivity contribution in [1.82, 2.24) is 9.97 Å². The number of aromatic nitrogens is 2. The van der Waals surface area contributed by atoms with E-state index in [0.717, 1.165) is 22.2 Å². The van der Waals surface area contributed by atoms with Crippen molar-refractivity contribution in [1.29, 1.82) is 0 Å². The van der Waals surface area contributed by atoms with E-state index in [4.69, 9.17) is 9.72 Å². The van der Waals surface area contributed by atoms with Gasteiger partial charge < -0.3 is 10.1 Å². The van der Waals surface area contributed by atoms with Gasteiger partial charge in [-0.2, -0.15) is 0 Å². The summed E-state index contributed by atoms with van der Waals surface area (Å²) in [5.41, 5.74) is 2.33. The van der Waals surface area contributed by atoms with E-state index in [9.17, 15) is 4.39 Å². The van der Waals surface area contributed by atoms with Crippen LogP contribution in [0, 0.1) is 5.82 Å². The second kappa shape index (κ2) is 7.64. The molecular weight excluding hydrogens is 353 g/mol. The standard InChI is InChI=1S/C23H20FN3O/c1-15(2)28-19-12-10-16(11-13-19)22-26-21-9-4-3-8-20(21)23(27-22)25-18-7-5-6-17(24)14-18/h3-15H,1-2H3,(H,25,26,27). The van der Waals surface area contributed by atoms with Gasteiger partial charge in [0.05, 0.1) is 11.6 Å². The zero-order chi connectivity index (χ0) is 19.5. The van der Waals surface area contributed by atoms with Gasteiger partial charge in [-0.25, -0.2) is 14.4 Å². The second-order valence-corrected chi connectivity index (χ2v) is 6.74. The second-order valence-electron chi connectivity index (χ2n) is 6.74. The van der Waals surface area contributed by atoms with E-state index in [2.05, 4.69) is 10.3 Å². The normalized spacial score (nSPS) is 11.0. The van der Waals surface area contributed by atoms with E-state index >= 15 is 0 Å². The Balaban J connectivity index is 1.75. The summed E-state index contributed by atoms with van der Waals surface area (Å²) in [5.74, 6) is 1.73. The highest BCUT2D eigenvalue weighted by Crippen LogP contribution is 2.28. The van der Waals surface area contributed by atoms with Crippen molar-refractivity contribution in [2.24, 2.45) is 0 Å². The number of halogens is 1. The molecule has 4 rings (SSSR count). The van der Waals surface area contributed by atoms with Crippen LogP contribution in [0.3, 0.4) is 0 Å². The molecule has 0 fully saturated rings. The summed E-state index contributed by atoms with van der Waals surface area (Å²) in [6.45, 7) is 3.98. The fourth-order valence-electron chi connectivity index (χ4n) is 2.96. The minimum atomic E-state index is -0.302. The monoisotopic (exact) mass is 373 g/mol. The zero-order valence-electron chi connectivity index (χ0n) is 15.7. The van der Waals surface area contributed by atoms with Crippen LogP contribution >= 0.6 is 0 Å². The SMILES string of the molecule is CC(C)Oc1ccc(-c2nc(Nc3cccc(F)c3)c3ccccc3n2)cc1. The van der Waals surface area contributed by atoms with Crippen LogP contribution in [0.1, 0.15) is 13.8 Å². The number of para-hydroxylation sites is 1. The Morgan fingerprint density at radius 3 is 2.43 bits per heavy atom. The first-order valence-electron chi connectivity index (χ1n) is 9.15. The molecule has 140 valence electrons. The molecule has 5 heteroatoms. The number of anilines is 2. The van der Waals surface area contributed by atoms with Crippen molar-refractivity contribution in [2.75, 3.05) is 5.32 Å². The van der Waals surface area contributed by atoms with Crippen molar-refractivity contribution in [3.63, 3.8) is 0 Å². The number of nitrogens with zero attached hydrogens (tertiary/aromatic N) is 2. The topological polar surface area (TPSA) is 47.0 Å². The van der Waals surface area contributed by atoms with Crippen LogP contribution in [0.5, 0.6) is 5.75 Å². The quantitative estimate of drug-likeness (QED) is 0.468. The Kier molecular flexibility index (Phi) is 4.89. The molecule has 0 amide bonds. The maximum Gasteiger partial charge on any atom is 0.162 e. The minimum absolute atomic E-state index is 0.116. The van der Waals surface area contributed by atoms with E-state index in [1.54, 1.807) is 12.1 Å². The smallest absolute Gasteiger partial charge is 0.162 e. The van der Waals surface area contributed by atoms with E-state index in [-0.39, 0.29) is 11.9 Å². The van der Waals surface area contributed by atoms with Gasteiger partial charge in [0.2, 0.25) is 0 Å². The van der Waals surface area contributed by atoms with Crippen molar-refractivity contribution in [3.8, 4) is 17.1 Å². The molecule has 1 aromatic heterocycles. The van der Waals surface area contributed by atoms with E-state index in [1.165, 1.54) is 12.1 Å². The molecule has 0 unspecified atom stereocenters. The van der Waals surface area contributed by atoms with Gasteiger partial charge in [-0.15, -0.1) is 0 Å². The zero-order valence-corrected chi connectivity index (χ0v) is 15.7. The van der Waals surface area contributed by atoms with Crippen LogP contribution in [0.4, 0.5) is 15.9 Å². The first-order valence-corrected chi connectivity index (χ1v) is 9.15. The molecule has 3 aromatic carbocycles. The Bertz CT molecular complexity index is 1110. The van der Waals surface area contributed by atoms with Crippen LogP contribution in [0.2, 0.25) is 0 Å². The highest BCUT2D eigenvalue weighted by molar-refractivity contribution is 5.92. The third kappa shape index (κ3) is 3.93. The summed E-state index contributed by atoms with van der Waals surface area (Å²) in [5, 5.41) is 4.09. The summed E-state index contributed by atoms with van der Waals surface area (Å²) >= 11 is 0. The number of ether oxygens (including phenoxy) is 1. The highest BCUT2D eigenvalue weighted by atomic mass is 19.1. The Labute approximate surface area is 163 Å². The van der Waals surface area contributed by atoms with Gasteiger partial charge in [-0.05, 0) is 68.4 Å². The van der Waals surface area contributed by atoms with Gasteiger partial charge in [0, 0.05) is 16.6 Å². The molecule has 4 aromatic rings. The lowest BCUT2D eigenvalue weighted by Crippen LogP contribution is -2.05. The number of benzene rings is 3. The van der Waals surface area contributed by atoms with Gasteiger partial charge >= 0.3 is 0 Å². The van der Waals surface area contributed by atoms with Gasteiger partial charge in [0.25, 0.3) is 0 Å². The Morgan fingerprint density at radius 2 is 1.68 bits per heavy atom. The van der Waals surface area contributed by atoms with Crippen molar-refractivity contribution in [3.05, 3.63) is 78.6 Å². The van der Waals surface area contributed by atoms with Gasteiger partial charge in [0.1, 0.15) is 17.4 Å².